The van der Waals surface area contributed by atoms with Gasteiger partial charge in [-0.15, -0.1) is 11.3 Å². The van der Waals surface area contributed by atoms with Gasteiger partial charge in [0, 0.05) is 23.6 Å². The molecule has 1 aromatic carbocycles. The predicted octanol–water partition coefficient (Wildman–Crippen LogP) is 2.45. The van der Waals surface area contributed by atoms with E-state index in [1.54, 1.807) is 17.4 Å². The molecule has 0 aliphatic rings. The highest BCUT2D eigenvalue weighted by Crippen LogP contribution is 2.16. The number of carbonyl (C=O) groups excluding carboxylic acids is 1. The molecule has 0 aliphatic carbocycles. The molecule has 1 aromatic heterocycles. The summed E-state index contributed by atoms with van der Waals surface area (Å²) in [6.45, 7) is 0.607. The van der Waals surface area contributed by atoms with Crippen molar-refractivity contribution >= 4 is 23.0 Å². The fourth-order valence-electron chi connectivity index (χ4n) is 1.78. The summed E-state index contributed by atoms with van der Waals surface area (Å²) in [6.07, 6.45) is 1.92. The number of esters is 1. The van der Waals surface area contributed by atoms with Crippen molar-refractivity contribution in [3.05, 3.63) is 40.3 Å². The van der Waals surface area contributed by atoms with E-state index >= 15 is 0 Å². The molecule has 21 heavy (non-hydrogen) atoms. The van der Waals surface area contributed by atoms with Crippen molar-refractivity contribution in [3.8, 4) is 5.75 Å². The van der Waals surface area contributed by atoms with Gasteiger partial charge in [-0.1, -0.05) is 6.07 Å². The van der Waals surface area contributed by atoms with E-state index in [2.05, 4.69) is 9.72 Å². The number of benzene rings is 1. The van der Waals surface area contributed by atoms with Gasteiger partial charge in [0.15, 0.2) is 0 Å². The molecule has 0 radical (unpaired) electrons. The molecule has 0 bridgehead atoms. The van der Waals surface area contributed by atoms with Gasteiger partial charge in [0.25, 0.3) is 0 Å². The Kier molecular flexibility index (Phi) is 5.57. The first-order chi connectivity index (χ1) is 10.2. The molecule has 0 atom stereocenters. The second kappa shape index (κ2) is 7.64. The van der Waals surface area contributed by atoms with Gasteiger partial charge < -0.3 is 15.2 Å². The van der Waals surface area contributed by atoms with Crippen LogP contribution in [0.15, 0.2) is 29.6 Å². The van der Waals surface area contributed by atoms with Crippen molar-refractivity contribution in [2.45, 2.75) is 19.3 Å². The van der Waals surface area contributed by atoms with Crippen molar-refractivity contribution in [2.24, 2.45) is 0 Å². The highest BCUT2D eigenvalue weighted by Gasteiger charge is 2.07. The first-order valence-corrected chi connectivity index (χ1v) is 7.54. The Hall–Kier alpha value is -2.08. The normalized spacial score (nSPS) is 10.3. The van der Waals surface area contributed by atoms with E-state index in [0.717, 1.165) is 29.3 Å². The third kappa shape index (κ3) is 5.07. The van der Waals surface area contributed by atoms with Gasteiger partial charge >= 0.3 is 5.97 Å². The molecule has 5 nitrogen and oxygen atoms in total. The monoisotopic (exact) mass is 306 g/mol. The van der Waals surface area contributed by atoms with Gasteiger partial charge in [0.1, 0.15) is 5.75 Å². The number of carbonyl (C=O) groups is 1. The summed E-state index contributed by atoms with van der Waals surface area (Å²) in [6, 6.07) is 7.38. The zero-order valence-electron chi connectivity index (χ0n) is 11.9. The van der Waals surface area contributed by atoms with Gasteiger partial charge in [0.2, 0.25) is 0 Å². The quantitative estimate of drug-likeness (QED) is 0.483. The lowest BCUT2D eigenvalue weighted by Crippen LogP contribution is -2.05. The molecule has 0 aliphatic heterocycles. The number of aryl methyl sites for hydroxylation is 1. The van der Waals surface area contributed by atoms with Crippen LogP contribution in [0.1, 0.15) is 17.1 Å². The maximum atomic E-state index is 11.1. The minimum Gasteiger partial charge on any atom is -0.494 e. The van der Waals surface area contributed by atoms with Crippen molar-refractivity contribution in [1.82, 2.24) is 4.98 Å². The molecule has 112 valence electrons. The van der Waals surface area contributed by atoms with Gasteiger partial charge in [-0.05, 0) is 18.6 Å². The number of hydrogen-bond acceptors (Lipinski definition) is 6. The number of nitrogen functional groups attached to an aromatic ring is 1. The number of ether oxygens (including phenoxy) is 2. The molecule has 0 fully saturated rings. The molecule has 6 heteroatoms. The fraction of sp³-hybridized carbons (Fsp3) is 0.333. The number of methoxy groups -OCH3 is 1. The van der Waals surface area contributed by atoms with Crippen LogP contribution in [0.25, 0.3) is 0 Å². The Balaban J connectivity index is 1.72. The van der Waals surface area contributed by atoms with Crippen molar-refractivity contribution in [2.75, 3.05) is 19.5 Å². The Morgan fingerprint density at radius 1 is 1.43 bits per heavy atom. The van der Waals surface area contributed by atoms with Gasteiger partial charge in [-0.2, -0.15) is 0 Å². The van der Waals surface area contributed by atoms with Crippen molar-refractivity contribution in [1.29, 1.82) is 0 Å². The Morgan fingerprint density at radius 2 is 2.29 bits per heavy atom. The first-order valence-electron chi connectivity index (χ1n) is 6.66. The summed E-state index contributed by atoms with van der Waals surface area (Å²) < 4.78 is 10.2. The summed E-state index contributed by atoms with van der Waals surface area (Å²) in [5.41, 5.74) is 7.14. The standard InChI is InChI=1S/C15H18N2O3S/c1-19-15(18)9-12-10-21-14(17-12)6-3-7-20-13-5-2-4-11(16)8-13/h2,4-5,8,10H,3,6-7,9,16H2,1H3. The smallest absolute Gasteiger partial charge is 0.311 e. The fourth-order valence-corrected chi connectivity index (χ4v) is 2.62. The average molecular weight is 306 g/mol. The van der Waals surface area contributed by atoms with Gasteiger partial charge in [0.05, 0.1) is 30.8 Å². The highest BCUT2D eigenvalue weighted by atomic mass is 32.1. The van der Waals surface area contributed by atoms with Crippen molar-refractivity contribution in [3.63, 3.8) is 0 Å². The zero-order valence-corrected chi connectivity index (χ0v) is 12.7. The molecule has 0 unspecified atom stereocenters. The van der Waals surface area contributed by atoms with Crippen LogP contribution >= 0.6 is 11.3 Å². The number of thiazole rings is 1. The lowest BCUT2D eigenvalue weighted by Gasteiger charge is -2.05. The SMILES string of the molecule is COC(=O)Cc1csc(CCCOc2cccc(N)c2)n1. The maximum Gasteiger partial charge on any atom is 0.311 e. The molecule has 0 spiro atoms. The van der Waals surface area contributed by atoms with Gasteiger partial charge in [-0.3, -0.25) is 4.79 Å². The average Bonchev–Trinajstić information content (AvgIpc) is 2.91. The minimum atomic E-state index is -0.267. The molecular formula is C15H18N2O3S. The molecule has 1 heterocycles. The second-order valence-electron chi connectivity index (χ2n) is 4.51. The van der Waals surface area contributed by atoms with Crippen molar-refractivity contribution < 1.29 is 14.3 Å². The van der Waals surface area contributed by atoms with Crippen LogP contribution in [0.4, 0.5) is 5.69 Å². The van der Waals surface area contributed by atoms with Crippen LogP contribution in [0, 0.1) is 0 Å². The predicted molar refractivity (Wildman–Crippen MR) is 82.5 cm³/mol. The molecule has 2 rings (SSSR count). The number of nitrogens with two attached hydrogens (primary N) is 1. The summed E-state index contributed by atoms with van der Waals surface area (Å²) >= 11 is 1.56. The van der Waals surface area contributed by atoms with E-state index in [-0.39, 0.29) is 12.4 Å². The molecule has 2 aromatic rings. The van der Waals surface area contributed by atoms with E-state index < -0.39 is 0 Å². The lowest BCUT2D eigenvalue weighted by atomic mass is 10.3. The summed E-state index contributed by atoms with van der Waals surface area (Å²) in [5, 5.41) is 2.90. The minimum absolute atomic E-state index is 0.229. The number of nitrogens with zero attached hydrogens (tertiary/aromatic N) is 1. The molecule has 2 N–H and O–H groups in total. The van der Waals surface area contributed by atoms with E-state index in [1.807, 2.05) is 23.6 Å². The summed E-state index contributed by atoms with van der Waals surface area (Å²) in [7, 11) is 1.38. The lowest BCUT2D eigenvalue weighted by molar-refractivity contribution is -0.139. The summed E-state index contributed by atoms with van der Waals surface area (Å²) in [5.74, 6) is 0.511. The first kappa shape index (κ1) is 15.3. The van der Waals surface area contributed by atoms with Crippen LogP contribution < -0.4 is 10.5 Å². The largest absolute Gasteiger partial charge is 0.494 e. The number of anilines is 1. The van der Waals surface area contributed by atoms with Crippen LogP contribution in [0.3, 0.4) is 0 Å². The van der Waals surface area contributed by atoms with Gasteiger partial charge in [-0.25, -0.2) is 4.98 Å². The molecule has 0 amide bonds. The van der Waals surface area contributed by atoms with Crippen LogP contribution in [-0.4, -0.2) is 24.7 Å². The Bertz CT molecular complexity index is 598. The van der Waals surface area contributed by atoms with Crippen LogP contribution in [-0.2, 0) is 22.4 Å². The van der Waals surface area contributed by atoms with Crippen LogP contribution in [0.2, 0.25) is 0 Å². The molecular weight excluding hydrogens is 288 g/mol. The molecule has 0 saturated heterocycles. The Labute approximate surface area is 127 Å². The third-order valence-electron chi connectivity index (χ3n) is 2.81. The molecule has 0 saturated carbocycles. The Morgan fingerprint density at radius 3 is 3.05 bits per heavy atom. The van der Waals surface area contributed by atoms with E-state index in [4.69, 9.17) is 10.5 Å². The summed E-state index contributed by atoms with van der Waals surface area (Å²) in [4.78, 5) is 15.5. The van der Waals surface area contributed by atoms with Crippen LogP contribution in [0.5, 0.6) is 5.75 Å². The van der Waals surface area contributed by atoms with E-state index in [9.17, 15) is 4.79 Å². The van der Waals surface area contributed by atoms with E-state index in [0.29, 0.717) is 12.3 Å². The highest BCUT2D eigenvalue weighted by molar-refractivity contribution is 7.09. The number of aromatic nitrogens is 1. The third-order valence-corrected chi connectivity index (χ3v) is 3.77. The number of hydrogen-bond donors (Lipinski definition) is 1. The maximum absolute atomic E-state index is 11.1. The van der Waals surface area contributed by atoms with E-state index in [1.165, 1.54) is 7.11 Å². The zero-order chi connectivity index (χ0) is 15.1. The number of rotatable bonds is 7. The second-order valence-corrected chi connectivity index (χ2v) is 5.45. The topological polar surface area (TPSA) is 74.4 Å².